The Morgan fingerprint density at radius 2 is 1.80 bits per heavy atom. The van der Waals surface area contributed by atoms with E-state index < -0.39 is 0 Å². The molecule has 0 aromatic rings. The van der Waals surface area contributed by atoms with E-state index >= 15 is 0 Å². The van der Waals surface area contributed by atoms with Crippen molar-refractivity contribution in [3.8, 4) is 0 Å². The van der Waals surface area contributed by atoms with Gasteiger partial charge in [0, 0.05) is 11.0 Å². The van der Waals surface area contributed by atoms with Crippen LogP contribution in [0.2, 0.25) is 0 Å². The number of nitrogens with one attached hydrogen (secondary N) is 1. The largest absolute Gasteiger partial charge is 0.293 e. The van der Waals surface area contributed by atoms with Gasteiger partial charge in [-0.2, -0.15) is 0 Å². The maximum atomic E-state index is 3.93. The van der Waals surface area contributed by atoms with E-state index in [1.807, 2.05) is 0 Å². The van der Waals surface area contributed by atoms with Gasteiger partial charge in [-0.25, -0.2) is 0 Å². The molecule has 2 aliphatic carbocycles. The van der Waals surface area contributed by atoms with Crippen LogP contribution < -0.4 is 5.32 Å². The Bertz CT molecular complexity index is 420. The van der Waals surface area contributed by atoms with Crippen LogP contribution in [0.15, 0.2) is 0 Å². The first kappa shape index (κ1) is 15.6. The fourth-order valence-electron chi connectivity index (χ4n) is 5.84. The maximum Gasteiger partial charge on any atom is 0.0953 e. The summed E-state index contributed by atoms with van der Waals surface area (Å²) in [5, 5.41) is 3.93. The van der Waals surface area contributed by atoms with Crippen LogP contribution in [0.25, 0.3) is 0 Å². The normalized spacial score (nSPS) is 53.9. The summed E-state index contributed by atoms with van der Waals surface area (Å²) in [5.41, 5.74) is 1.50. The van der Waals surface area contributed by atoms with E-state index in [0.29, 0.717) is 19.9 Å². The van der Waals surface area contributed by atoms with Crippen molar-refractivity contribution in [2.24, 2.45) is 28.6 Å². The second kappa shape index (κ2) is 4.37. The number of hydrogen-bond donors (Lipinski definition) is 1. The van der Waals surface area contributed by atoms with Crippen molar-refractivity contribution in [2.45, 2.75) is 82.7 Å². The summed E-state index contributed by atoms with van der Waals surface area (Å²) in [4.78, 5) is 0. The topological polar surface area (TPSA) is 21.9 Å². The molecule has 1 N–H and O–H groups in total. The second-order valence-electron chi connectivity index (χ2n) is 8.52. The molecule has 116 valence electrons. The molecule has 0 spiro atoms. The Kier molecular flexibility index (Phi) is 3.40. The minimum atomic E-state index is 0.374. The molecule has 3 aliphatic rings. The predicted molar refractivity (Wildman–Crippen MR) is 95.1 cm³/mol. The van der Waals surface area contributed by atoms with Crippen LogP contribution in [0, 0.1) is 28.6 Å². The van der Waals surface area contributed by atoms with Gasteiger partial charge in [-0.1, -0.05) is 63.6 Å². The standard InChI is InChI=1S/C18H32IN/c1-7-15(4,5)12-10-11-13-14(12)17(13,9-3)18(19)16(6,8-2)20-18/h12-14,20H,7-11H2,1-6H3. The molecule has 0 amide bonds. The highest BCUT2D eigenvalue weighted by Gasteiger charge is 2.85. The molecular weight excluding hydrogens is 357 g/mol. The Hall–Kier alpha value is 0.690. The summed E-state index contributed by atoms with van der Waals surface area (Å²) >= 11 is 2.80. The van der Waals surface area contributed by atoms with Gasteiger partial charge in [0.1, 0.15) is 0 Å². The van der Waals surface area contributed by atoms with E-state index in [2.05, 4.69) is 69.5 Å². The molecule has 1 saturated heterocycles. The molecule has 0 aromatic carbocycles. The van der Waals surface area contributed by atoms with Gasteiger partial charge in [0.25, 0.3) is 0 Å². The van der Waals surface area contributed by atoms with Gasteiger partial charge in [-0.3, -0.25) is 5.32 Å². The van der Waals surface area contributed by atoms with Crippen molar-refractivity contribution in [3.63, 3.8) is 0 Å². The summed E-state index contributed by atoms with van der Waals surface area (Å²) < 4.78 is 0.374. The van der Waals surface area contributed by atoms with Crippen LogP contribution in [0.1, 0.15) is 73.6 Å². The Labute approximate surface area is 139 Å². The fourth-order valence-corrected chi connectivity index (χ4v) is 7.96. The molecule has 1 nitrogen and oxygen atoms in total. The first-order valence-electron chi connectivity index (χ1n) is 8.72. The van der Waals surface area contributed by atoms with E-state index in [0.717, 1.165) is 17.8 Å². The molecule has 6 unspecified atom stereocenters. The average molecular weight is 389 g/mol. The quantitative estimate of drug-likeness (QED) is 0.290. The molecule has 0 radical (unpaired) electrons. The lowest BCUT2D eigenvalue weighted by Gasteiger charge is -2.37. The molecule has 2 heteroatoms. The van der Waals surface area contributed by atoms with Crippen LogP contribution in [-0.2, 0) is 0 Å². The third kappa shape index (κ3) is 1.59. The molecule has 3 rings (SSSR count). The van der Waals surface area contributed by atoms with Crippen molar-refractivity contribution in [3.05, 3.63) is 0 Å². The predicted octanol–water partition coefficient (Wildman–Crippen LogP) is 5.38. The lowest BCUT2D eigenvalue weighted by Crippen LogP contribution is -2.35. The third-order valence-electron chi connectivity index (χ3n) is 7.80. The number of fused-ring (bicyclic) bond motifs is 1. The average Bonchev–Trinajstić information content (AvgIpc) is 3.14. The van der Waals surface area contributed by atoms with Gasteiger partial charge in [0.15, 0.2) is 0 Å². The van der Waals surface area contributed by atoms with Gasteiger partial charge >= 0.3 is 0 Å². The summed E-state index contributed by atoms with van der Waals surface area (Å²) in [6, 6.07) is 0. The highest BCUT2D eigenvalue weighted by atomic mass is 127. The van der Waals surface area contributed by atoms with Gasteiger partial charge in [-0.15, -0.1) is 0 Å². The monoisotopic (exact) mass is 389 g/mol. The number of rotatable bonds is 5. The summed E-state index contributed by atoms with van der Waals surface area (Å²) in [7, 11) is 0. The molecule has 6 atom stereocenters. The minimum Gasteiger partial charge on any atom is -0.293 e. The zero-order chi connectivity index (χ0) is 15.0. The third-order valence-corrected chi connectivity index (χ3v) is 10.3. The SMILES string of the molecule is CCC(C)(C)C1CCC2C1C2(CC)C1(I)NC1(C)CC. The van der Waals surface area contributed by atoms with Crippen LogP contribution >= 0.6 is 22.6 Å². The smallest absolute Gasteiger partial charge is 0.0953 e. The molecule has 1 aliphatic heterocycles. The Morgan fingerprint density at radius 3 is 2.25 bits per heavy atom. The molecule has 3 fully saturated rings. The fraction of sp³-hybridized carbons (Fsp3) is 1.00. The lowest BCUT2D eigenvalue weighted by atomic mass is 9.69. The zero-order valence-electron chi connectivity index (χ0n) is 14.1. The lowest BCUT2D eigenvalue weighted by molar-refractivity contribution is 0.145. The van der Waals surface area contributed by atoms with E-state index in [1.54, 1.807) is 0 Å². The number of halogens is 1. The van der Waals surface area contributed by atoms with Gasteiger partial charge in [0.05, 0.1) is 3.55 Å². The number of alkyl halides is 1. The van der Waals surface area contributed by atoms with Crippen LogP contribution in [0.5, 0.6) is 0 Å². The van der Waals surface area contributed by atoms with Crippen molar-refractivity contribution >= 4 is 22.6 Å². The first-order valence-corrected chi connectivity index (χ1v) is 9.80. The summed E-state index contributed by atoms with van der Waals surface area (Å²) in [6.45, 7) is 14.7. The van der Waals surface area contributed by atoms with E-state index in [1.165, 1.54) is 32.1 Å². The van der Waals surface area contributed by atoms with Gasteiger partial charge < -0.3 is 0 Å². The van der Waals surface area contributed by atoms with Gasteiger partial charge in [0.2, 0.25) is 0 Å². The van der Waals surface area contributed by atoms with E-state index in [-0.39, 0.29) is 0 Å². The summed E-state index contributed by atoms with van der Waals surface area (Å²) in [5.74, 6) is 2.94. The molecule has 0 bridgehead atoms. The van der Waals surface area contributed by atoms with E-state index in [9.17, 15) is 0 Å². The molecule has 1 heterocycles. The van der Waals surface area contributed by atoms with E-state index in [4.69, 9.17) is 0 Å². The Morgan fingerprint density at radius 1 is 1.15 bits per heavy atom. The minimum absolute atomic E-state index is 0.374. The summed E-state index contributed by atoms with van der Waals surface area (Å²) in [6.07, 6.45) is 6.92. The second-order valence-corrected chi connectivity index (χ2v) is 10.1. The van der Waals surface area contributed by atoms with Crippen molar-refractivity contribution in [1.29, 1.82) is 0 Å². The number of hydrogen-bond acceptors (Lipinski definition) is 1. The zero-order valence-corrected chi connectivity index (χ0v) is 16.3. The van der Waals surface area contributed by atoms with Crippen molar-refractivity contribution < 1.29 is 0 Å². The molecule has 2 saturated carbocycles. The van der Waals surface area contributed by atoms with Gasteiger partial charge in [-0.05, 0) is 55.8 Å². The van der Waals surface area contributed by atoms with Crippen LogP contribution in [0.4, 0.5) is 0 Å². The maximum absolute atomic E-state index is 3.93. The van der Waals surface area contributed by atoms with Crippen molar-refractivity contribution in [1.82, 2.24) is 5.32 Å². The van der Waals surface area contributed by atoms with Crippen LogP contribution in [0.3, 0.4) is 0 Å². The highest BCUT2D eigenvalue weighted by Crippen LogP contribution is 2.83. The van der Waals surface area contributed by atoms with Crippen LogP contribution in [-0.4, -0.2) is 9.08 Å². The molecular formula is C18H32IN. The highest BCUT2D eigenvalue weighted by molar-refractivity contribution is 14.1. The molecule has 0 aromatic heterocycles. The Balaban J connectivity index is 1.89. The molecule has 20 heavy (non-hydrogen) atoms. The van der Waals surface area contributed by atoms with Crippen molar-refractivity contribution in [2.75, 3.05) is 0 Å². The first-order chi connectivity index (χ1) is 9.24.